The van der Waals surface area contributed by atoms with E-state index in [4.69, 9.17) is 4.74 Å². The van der Waals surface area contributed by atoms with Crippen molar-refractivity contribution in [3.63, 3.8) is 0 Å². The maximum absolute atomic E-state index is 14.3. The molecule has 2 aliphatic rings. The number of amides is 6. The normalized spacial score (nSPS) is 19.5. The standard InChI is InChI=1S/C38H56F2N6O8/c1-8-37(3,4)54-36(53)44-30(26-17-13-10-14-18-26)35(52)46-22-24(20-38(5,39)40)19-27(46)32(49)42-23(2)31(48)33(50)41-21-28(47)43-29(34(51)45(6)7)25-15-11-9-12-16-25/h9,11-12,15-16,23-24,26-27,29-30H,8,10,13-14,17-22H2,1-7H3,(H,41,50)(H,42,49)(H,43,47)(H,44,53)/t23?,24-,27?,29?,30?/m0/s1. The van der Waals surface area contributed by atoms with Gasteiger partial charge in [-0.1, -0.05) is 56.5 Å². The largest absolute Gasteiger partial charge is 0.444 e. The van der Waals surface area contributed by atoms with E-state index in [9.17, 15) is 42.3 Å². The lowest BCUT2D eigenvalue weighted by Crippen LogP contribution is -2.58. The average Bonchev–Trinajstić information content (AvgIpc) is 3.53. The molecule has 1 saturated heterocycles. The Bertz CT molecular complexity index is 1510. The molecular formula is C38H56F2N6O8. The maximum atomic E-state index is 14.3. The van der Waals surface area contributed by atoms with Crippen molar-refractivity contribution >= 4 is 41.4 Å². The molecule has 6 amide bonds. The molecule has 1 aromatic rings. The third-order valence-electron chi connectivity index (χ3n) is 10.0. The van der Waals surface area contributed by atoms with Crippen molar-refractivity contribution in [3.05, 3.63) is 35.9 Å². The average molecular weight is 763 g/mol. The van der Waals surface area contributed by atoms with E-state index in [0.29, 0.717) is 24.8 Å². The summed E-state index contributed by atoms with van der Waals surface area (Å²) >= 11 is 0. The van der Waals surface area contributed by atoms with E-state index >= 15 is 0 Å². The van der Waals surface area contributed by atoms with Crippen LogP contribution in [0.3, 0.4) is 0 Å². The summed E-state index contributed by atoms with van der Waals surface area (Å²) in [7, 11) is 3.05. The number of nitrogens with one attached hydrogen (secondary N) is 4. The highest BCUT2D eigenvalue weighted by Crippen LogP contribution is 2.35. The molecule has 54 heavy (non-hydrogen) atoms. The van der Waals surface area contributed by atoms with Crippen LogP contribution < -0.4 is 21.3 Å². The lowest BCUT2D eigenvalue weighted by Gasteiger charge is -2.35. The number of halogens is 2. The molecule has 1 aromatic carbocycles. The van der Waals surface area contributed by atoms with Gasteiger partial charge in [-0.3, -0.25) is 28.8 Å². The van der Waals surface area contributed by atoms with Crippen molar-refractivity contribution in [2.75, 3.05) is 27.2 Å². The summed E-state index contributed by atoms with van der Waals surface area (Å²) in [5, 5.41) is 9.91. The molecule has 300 valence electrons. The highest BCUT2D eigenvalue weighted by atomic mass is 19.3. The Labute approximate surface area is 315 Å². The first kappa shape index (κ1) is 43.8. The number of carbonyl (C=O) groups excluding carboxylic acids is 7. The molecule has 16 heteroatoms. The van der Waals surface area contributed by atoms with Crippen LogP contribution in [0, 0.1) is 11.8 Å². The van der Waals surface area contributed by atoms with Gasteiger partial charge in [-0.05, 0) is 70.8 Å². The van der Waals surface area contributed by atoms with Gasteiger partial charge in [-0.15, -0.1) is 0 Å². The summed E-state index contributed by atoms with van der Waals surface area (Å²) in [4.78, 5) is 94.8. The zero-order chi connectivity index (χ0) is 40.4. The van der Waals surface area contributed by atoms with Crippen LogP contribution in [0.25, 0.3) is 0 Å². The molecule has 0 bridgehead atoms. The summed E-state index contributed by atoms with van der Waals surface area (Å²) in [6.45, 7) is 6.48. The highest BCUT2D eigenvalue weighted by molar-refractivity contribution is 6.38. The number of alkyl halides is 2. The zero-order valence-electron chi connectivity index (χ0n) is 32.3. The van der Waals surface area contributed by atoms with E-state index in [1.54, 1.807) is 44.2 Å². The van der Waals surface area contributed by atoms with Crippen LogP contribution in [0.5, 0.6) is 0 Å². The van der Waals surface area contributed by atoms with Crippen molar-refractivity contribution in [2.24, 2.45) is 11.8 Å². The number of benzene rings is 1. The Kier molecular flexibility index (Phi) is 15.5. The number of hydrogen-bond acceptors (Lipinski definition) is 8. The number of nitrogens with zero attached hydrogens (tertiary/aromatic N) is 2. The fourth-order valence-electron chi connectivity index (χ4n) is 6.80. The second kappa shape index (κ2) is 19.1. The van der Waals surface area contributed by atoms with Crippen LogP contribution in [0.4, 0.5) is 13.6 Å². The number of Topliss-reactive ketones (excluding diaryl/α,β-unsaturated/α-hetero) is 1. The van der Waals surface area contributed by atoms with E-state index in [0.717, 1.165) is 26.2 Å². The van der Waals surface area contributed by atoms with Gasteiger partial charge in [0.2, 0.25) is 35.3 Å². The van der Waals surface area contributed by atoms with E-state index in [1.807, 2.05) is 6.92 Å². The monoisotopic (exact) mass is 762 g/mol. The van der Waals surface area contributed by atoms with Crippen LogP contribution in [0.2, 0.25) is 0 Å². The number of likely N-dealkylation sites (tertiary alicyclic amines) is 1. The summed E-state index contributed by atoms with van der Waals surface area (Å²) < 4.78 is 33.9. The first-order chi connectivity index (χ1) is 25.2. The van der Waals surface area contributed by atoms with Gasteiger partial charge in [0.05, 0.1) is 12.6 Å². The van der Waals surface area contributed by atoms with Crippen LogP contribution in [-0.2, 0) is 33.5 Å². The summed E-state index contributed by atoms with van der Waals surface area (Å²) in [5.74, 6) is -9.03. The third kappa shape index (κ3) is 12.8. The molecular weight excluding hydrogens is 706 g/mol. The molecule has 3 rings (SSSR count). The third-order valence-corrected chi connectivity index (χ3v) is 10.0. The Morgan fingerprint density at radius 2 is 1.57 bits per heavy atom. The molecule has 4 unspecified atom stereocenters. The molecule has 14 nitrogen and oxygen atoms in total. The predicted octanol–water partition coefficient (Wildman–Crippen LogP) is 3.25. The highest BCUT2D eigenvalue weighted by Gasteiger charge is 2.46. The number of carbonyl (C=O) groups is 7. The van der Waals surface area contributed by atoms with Gasteiger partial charge < -0.3 is 35.8 Å². The number of likely N-dealkylation sites (N-methyl/N-ethyl adjacent to an activating group) is 1. The number of rotatable bonds is 16. The van der Waals surface area contributed by atoms with Crippen molar-refractivity contribution in [1.82, 2.24) is 31.1 Å². The lowest BCUT2D eigenvalue weighted by molar-refractivity contribution is -0.143. The van der Waals surface area contributed by atoms with Crippen LogP contribution in [-0.4, -0.2) is 108 Å². The zero-order valence-corrected chi connectivity index (χ0v) is 32.3. The fourth-order valence-corrected chi connectivity index (χ4v) is 6.80. The number of alkyl carbamates (subject to hydrolysis) is 1. The minimum absolute atomic E-state index is 0.132. The molecule has 0 aromatic heterocycles. The summed E-state index contributed by atoms with van der Waals surface area (Å²) in [6.07, 6.45) is 2.85. The first-order valence-electron chi connectivity index (χ1n) is 18.6. The summed E-state index contributed by atoms with van der Waals surface area (Å²) in [6, 6.07) is 3.64. The van der Waals surface area contributed by atoms with Gasteiger partial charge in [-0.2, -0.15) is 0 Å². The first-order valence-corrected chi connectivity index (χ1v) is 18.6. The van der Waals surface area contributed by atoms with E-state index < -0.39 is 96.0 Å². The molecule has 4 N–H and O–H groups in total. The molecule has 1 heterocycles. The van der Waals surface area contributed by atoms with Gasteiger partial charge in [0, 0.05) is 27.1 Å². The van der Waals surface area contributed by atoms with Gasteiger partial charge in [-0.25, -0.2) is 13.6 Å². The minimum atomic E-state index is -3.09. The number of hydrogen-bond donors (Lipinski definition) is 4. The van der Waals surface area contributed by atoms with E-state index in [1.165, 1.54) is 30.8 Å². The van der Waals surface area contributed by atoms with Gasteiger partial charge in [0.15, 0.2) is 0 Å². The minimum Gasteiger partial charge on any atom is -0.444 e. The molecule has 0 radical (unpaired) electrons. The number of ketones is 1. The van der Waals surface area contributed by atoms with Crippen LogP contribution >= 0.6 is 0 Å². The van der Waals surface area contributed by atoms with E-state index in [-0.39, 0.29) is 18.9 Å². The lowest BCUT2D eigenvalue weighted by atomic mass is 9.83. The van der Waals surface area contributed by atoms with Crippen molar-refractivity contribution in [3.8, 4) is 0 Å². The second-order valence-corrected chi connectivity index (χ2v) is 15.3. The number of ether oxygens (including phenoxy) is 1. The quantitative estimate of drug-likeness (QED) is 0.185. The topological polar surface area (TPSA) is 183 Å². The van der Waals surface area contributed by atoms with E-state index in [2.05, 4.69) is 21.3 Å². The molecule has 1 saturated carbocycles. The second-order valence-electron chi connectivity index (χ2n) is 15.3. The smallest absolute Gasteiger partial charge is 0.408 e. The van der Waals surface area contributed by atoms with Crippen molar-refractivity contribution < 1.29 is 47.1 Å². The molecule has 2 fully saturated rings. The Morgan fingerprint density at radius 1 is 0.944 bits per heavy atom. The van der Waals surface area contributed by atoms with Gasteiger partial charge in [0.1, 0.15) is 23.7 Å². The Balaban J connectivity index is 1.72. The van der Waals surface area contributed by atoms with Crippen LogP contribution in [0.1, 0.15) is 97.6 Å². The Morgan fingerprint density at radius 3 is 2.15 bits per heavy atom. The SMILES string of the molecule is CCC(C)(C)OC(=O)NC(C(=O)N1C[C@H](CC(C)(F)F)CC1C(=O)NC(C)C(=O)C(=O)NCC(=O)NC(C(=O)N(C)C)c1ccccc1)C1CCCCC1. The summed E-state index contributed by atoms with van der Waals surface area (Å²) in [5.41, 5.74) is -0.305. The molecule has 5 atom stereocenters. The van der Waals surface area contributed by atoms with Crippen molar-refractivity contribution in [2.45, 2.75) is 122 Å². The van der Waals surface area contributed by atoms with Crippen molar-refractivity contribution in [1.29, 1.82) is 0 Å². The molecule has 0 spiro atoms. The molecule has 1 aliphatic heterocycles. The molecule has 1 aliphatic carbocycles. The fraction of sp³-hybridized carbons (Fsp3) is 0.658. The predicted molar refractivity (Wildman–Crippen MR) is 195 cm³/mol. The van der Waals surface area contributed by atoms with Gasteiger partial charge >= 0.3 is 6.09 Å². The Hall–Kier alpha value is -4.63. The maximum Gasteiger partial charge on any atom is 0.408 e. The van der Waals surface area contributed by atoms with Crippen LogP contribution in [0.15, 0.2) is 30.3 Å². The van der Waals surface area contributed by atoms with Gasteiger partial charge in [0.25, 0.3) is 5.91 Å².